The smallest absolute Gasteiger partial charge is 0.260 e. The molecule has 3 aromatic rings. The van der Waals surface area contributed by atoms with Crippen LogP contribution in [-0.2, 0) is 6.42 Å². The van der Waals surface area contributed by atoms with Crippen LogP contribution in [0.3, 0.4) is 0 Å². The second-order valence-electron chi connectivity index (χ2n) is 6.25. The highest BCUT2D eigenvalue weighted by atomic mass is 35.5. The van der Waals surface area contributed by atoms with Crippen molar-refractivity contribution in [1.82, 2.24) is 15.0 Å². The average Bonchev–Trinajstić information content (AvgIpc) is 3.23. The lowest BCUT2D eigenvalue weighted by molar-refractivity contribution is 0.100. The Labute approximate surface area is 186 Å². The summed E-state index contributed by atoms with van der Waals surface area (Å²) in [5.41, 5.74) is 15.5. The van der Waals surface area contributed by atoms with Gasteiger partial charge in [-0.2, -0.15) is 0 Å². The zero-order valence-electron chi connectivity index (χ0n) is 15.7. The number of rotatable bonds is 8. The minimum absolute atomic E-state index is 0.183. The predicted octanol–water partition coefficient (Wildman–Crippen LogP) is 4.36. The number of azide groups is 1. The molecule has 12 heteroatoms. The van der Waals surface area contributed by atoms with Crippen molar-refractivity contribution in [1.29, 1.82) is 0 Å². The van der Waals surface area contributed by atoms with Crippen molar-refractivity contribution in [2.24, 2.45) is 10.8 Å². The van der Waals surface area contributed by atoms with Gasteiger partial charge in [0.25, 0.3) is 5.91 Å². The first-order valence-corrected chi connectivity index (χ1v) is 10.2. The van der Waals surface area contributed by atoms with Crippen molar-refractivity contribution in [3.63, 3.8) is 0 Å². The van der Waals surface area contributed by atoms with E-state index in [-0.39, 0.29) is 12.6 Å². The number of hydrogen-bond donors (Lipinski definition) is 1. The van der Waals surface area contributed by atoms with E-state index in [0.29, 0.717) is 38.0 Å². The summed E-state index contributed by atoms with van der Waals surface area (Å²) in [5, 5.41) is 5.33. The second kappa shape index (κ2) is 9.73. The molecule has 0 unspecified atom stereocenters. The highest BCUT2D eigenvalue weighted by Crippen LogP contribution is 2.26. The van der Waals surface area contributed by atoms with Crippen LogP contribution >= 0.6 is 34.5 Å². The fourth-order valence-electron chi connectivity index (χ4n) is 2.70. The molecule has 0 saturated carbocycles. The Kier molecular flexibility index (Phi) is 7.07. The third kappa shape index (κ3) is 5.17. The fourth-order valence-corrected chi connectivity index (χ4v) is 3.93. The molecule has 30 heavy (non-hydrogen) atoms. The van der Waals surface area contributed by atoms with Crippen LogP contribution in [0.2, 0.25) is 10.0 Å². The number of aromatic nitrogens is 3. The van der Waals surface area contributed by atoms with Gasteiger partial charge in [0.05, 0.1) is 6.20 Å². The molecule has 2 N–H and O–H groups in total. The highest BCUT2D eigenvalue weighted by Gasteiger charge is 2.20. The summed E-state index contributed by atoms with van der Waals surface area (Å²) >= 11 is 13.4. The van der Waals surface area contributed by atoms with Crippen LogP contribution in [0.1, 0.15) is 15.2 Å². The van der Waals surface area contributed by atoms with Crippen LogP contribution in [-0.4, -0.2) is 40.5 Å². The zero-order valence-corrected chi connectivity index (χ0v) is 18.1. The van der Waals surface area contributed by atoms with E-state index in [9.17, 15) is 4.79 Å². The van der Waals surface area contributed by atoms with Gasteiger partial charge in [0.1, 0.15) is 15.6 Å². The molecule has 1 atom stereocenters. The van der Waals surface area contributed by atoms with Gasteiger partial charge in [-0.15, -0.1) is 11.3 Å². The van der Waals surface area contributed by atoms with Gasteiger partial charge < -0.3 is 10.6 Å². The molecule has 2 aromatic heterocycles. The number of benzene rings is 1. The molecule has 0 fully saturated rings. The minimum Gasteiger partial charge on any atom is -0.365 e. The Morgan fingerprint density at radius 2 is 2.17 bits per heavy atom. The Hall–Kier alpha value is -2.91. The summed E-state index contributed by atoms with van der Waals surface area (Å²) < 4.78 is 0. The number of carbonyl (C=O) groups is 1. The maximum absolute atomic E-state index is 11.3. The van der Waals surface area contributed by atoms with Gasteiger partial charge in [-0.25, -0.2) is 15.0 Å². The lowest BCUT2D eigenvalue weighted by Gasteiger charge is -2.27. The Morgan fingerprint density at radius 1 is 1.37 bits per heavy atom. The molecule has 0 aliphatic heterocycles. The van der Waals surface area contributed by atoms with Crippen LogP contribution in [0.15, 0.2) is 41.8 Å². The maximum atomic E-state index is 11.3. The normalized spacial score (nSPS) is 11.6. The largest absolute Gasteiger partial charge is 0.365 e. The summed E-state index contributed by atoms with van der Waals surface area (Å²) in [4.78, 5) is 29.4. The Morgan fingerprint density at radius 3 is 2.83 bits per heavy atom. The topological polar surface area (TPSA) is 134 Å². The van der Waals surface area contributed by atoms with E-state index in [1.807, 2.05) is 11.0 Å². The van der Waals surface area contributed by atoms with E-state index < -0.39 is 5.91 Å². The fraction of sp³-hybridized carbons (Fsp3) is 0.222. The molecule has 1 amide bonds. The monoisotopic (exact) mass is 462 g/mol. The van der Waals surface area contributed by atoms with Crippen molar-refractivity contribution >= 4 is 46.4 Å². The van der Waals surface area contributed by atoms with E-state index in [4.69, 9.17) is 34.5 Å². The first-order chi connectivity index (χ1) is 14.4. The van der Waals surface area contributed by atoms with Crippen LogP contribution in [0.5, 0.6) is 0 Å². The average molecular weight is 463 g/mol. The Balaban J connectivity index is 1.89. The van der Waals surface area contributed by atoms with Crippen molar-refractivity contribution in [2.75, 3.05) is 18.5 Å². The van der Waals surface area contributed by atoms with E-state index >= 15 is 0 Å². The number of halogens is 2. The molecule has 3 rings (SSSR count). The summed E-state index contributed by atoms with van der Waals surface area (Å²) in [6, 6.07) is 6.69. The molecule has 1 aromatic carbocycles. The van der Waals surface area contributed by atoms with Crippen LogP contribution in [0, 0.1) is 0 Å². The predicted molar refractivity (Wildman–Crippen MR) is 118 cm³/mol. The van der Waals surface area contributed by atoms with E-state index in [1.54, 1.807) is 31.4 Å². The molecule has 0 aliphatic rings. The van der Waals surface area contributed by atoms with Crippen LogP contribution in [0.4, 0.5) is 5.95 Å². The molecule has 0 aliphatic carbocycles. The molecule has 2 heterocycles. The number of nitrogens with zero attached hydrogens (tertiary/aromatic N) is 7. The molecule has 0 radical (unpaired) electrons. The SMILES string of the molecule is CN(c1nccc(-c2ncc(C(N)=O)s2)n1)[C@H](CN=[N+]=[N-])Cc1ccc(Cl)cc1Cl. The zero-order chi connectivity index (χ0) is 21.7. The lowest BCUT2D eigenvalue weighted by Crippen LogP contribution is -2.37. The van der Waals surface area contributed by atoms with E-state index in [0.717, 1.165) is 16.9 Å². The molecular formula is C18H16Cl2N8OS. The first-order valence-electron chi connectivity index (χ1n) is 8.65. The third-order valence-electron chi connectivity index (χ3n) is 4.30. The van der Waals surface area contributed by atoms with Gasteiger partial charge >= 0.3 is 0 Å². The van der Waals surface area contributed by atoms with Gasteiger partial charge in [-0.1, -0.05) is 34.4 Å². The number of anilines is 1. The molecule has 0 spiro atoms. The van der Waals surface area contributed by atoms with E-state index in [2.05, 4.69) is 25.0 Å². The van der Waals surface area contributed by atoms with Gasteiger partial charge in [0.15, 0.2) is 0 Å². The maximum Gasteiger partial charge on any atom is 0.260 e. The molecule has 0 bridgehead atoms. The number of primary amides is 1. The molecule has 9 nitrogen and oxygen atoms in total. The van der Waals surface area contributed by atoms with Crippen molar-refractivity contribution < 1.29 is 4.79 Å². The lowest BCUT2D eigenvalue weighted by atomic mass is 10.1. The molecule has 154 valence electrons. The molecular weight excluding hydrogens is 447 g/mol. The highest BCUT2D eigenvalue weighted by molar-refractivity contribution is 7.16. The van der Waals surface area contributed by atoms with Crippen molar-refractivity contribution in [3.8, 4) is 10.7 Å². The number of likely N-dealkylation sites (N-methyl/N-ethyl adjacent to an activating group) is 1. The summed E-state index contributed by atoms with van der Waals surface area (Å²) in [6.07, 6.45) is 3.50. The number of nitrogens with two attached hydrogens (primary N) is 1. The van der Waals surface area contributed by atoms with Crippen LogP contribution in [0.25, 0.3) is 21.1 Å². The standard InChI is InChI=1S/C18H16Cl2N8OS/c1-28(12(8-25-27-22)6-10-2-3-11(19)7-13(10)20)18-23-5-4-14(26-18)17-24-9-15(30-17)16(21)29/h2-5,7,9,12H,6,8H2,1H3,(H2,21,29)/t12-/m0/s1. The summed E-state index contributed by atoms with van der Waals surface area (Å²) in [5.74, 6) is -0.133. The minimum atomic E-state index is -0.542. The quantitative estimate of drug-likeness (QED) is 0.301. The summed E-state index contributed by atoms with van der Waals surface area (Å²) in [6.45, 7) is 0.183. The van der Waals surface area contributed by atoms with Gasteiger partial charge in [-0.3, -0.25) is 4.79 Å². The molecule has 0 saturated heterocycles. The van der Waals surface area contributed by atoms with E-state index in [1.165, 1.54) is 6.20 Å². The van der Waals surface area contributed by atoms with Crippen molar-refractivity contribution in [3.05, 3.63) is 67.6 Å². The first kappa shape index (κ1) is 21.8. The van der Waals surface area contributed by atoms with Gasteiger partial charge in [0.2, 0.25) is 5.95 Å². The number of thiazole rings is 1. The number of carbonyl (C=O) groups excluding carboxylic acids is 1. The van der Waals surface area contributed by atoms with Crippen molar-refractivity contribution in [2.45, 2.75) is 12.5 Å². The number of hydrogen-bond acceptors (Lipinski definition) is 7. The van der Waals surface area contributed by atoms with Gasteiger partial charge in [0, 0.05) is 40.8 Å². The third-order valence-corrected chi connectivity index (χ3v) is 5.92. The second-order valence-corrected chi connectivity index (χ2v) is 8.13. The van der Waals surface area contributed by atoms with Crippen LogP contribution < -0.4 is 10.6 Å². The summed E-state index contributed by atoms with van der Waals surface area (Å²) in [7, 11) is 1.80. The number of amides is 1. The van der Waals surface area contributed by atoms with Gasteiger partial charge in [-0.05, 0) is 35.7 Å². The Bertz CT molecular complexity index is 1120.